The Morgan fingerprint density at radius 3 is 2.44 bits per heavy atom. The molecule has 0 amide bonds. The number of anilines is 1. The number of dihydropyridines is 1. The number of nitrogens with two attached hydrogens (primary N) is 2. The number of hydrogen-bond acceptors (Lipinski definition) is 19. The standard InChI is InChI=1S/C52H58N6O15/c1-2-25-15-27(17-29(59)16-25)47(65)72-44-38(20-37-41(43(44)62)34(60)19-36(70-37)26-5-7-30(8-6-26)69-23-35(61)32-9-10-39(53)58-32)71-49-51(67)21-31(50(12-3-4-13-50)28-11-14-56-40(54)18-28)42(33-22-55-24-57-33)52(68,48(51)66)45(73-49)46(63)64/h5-11,15-21,33,35,42,45,47-49,55-59,61-62,65-68H,2-4,12-14,22-24,53-54H2,1H3,(H,63,64). The first-order valence-corrected chi connectivity index (χ1v) is 24.1. The summed E-state index contributed by atoms with van der Waals surface area (Å²) in [6.07, 6.45) is -1.66. The summed E-state index contributed by atoms with van der Waals surface area (Å²) in [6.45, 7) is 2.65. The number of aromatic nitrogens is 1. The van der Waals surface area contributed by atoms with E-state index in [2.05, 4.69) is 20.9 Å². The summed E-state index contributed by atoms with van der Waals surface area (Å²) in [4.78, 5) is 30.5. The monoisotopic (exact) mass is 1010 g/mol. The molecule has 0 spiro atoms. The highest BCUT2D eigenvalue weighted by Gasteiger charge is 2.73. The van der Waals surface area contributed by atoms with E-state index in [0.717, 1.165) is 30.5 Å². The van der Waals surface area contributed by atoms with Crippen LogP contribution >= 0.6 is 0 Å². The summed E-state index contributed by atoms with van der Waals surface area (Å²) in [6, 6.07) is 15.4. The normalized spacial score (nSPS) is 27.3. The maximum atomic E-state index is 14.1. The number of nitrogens with one attached hydrogen (secondary N) is 4. The van der Waals surface area contributed by atoms with Crippen LogP contribution in [-0.4, -0.2) is 114 Å². The Morgan fingerprint density at radius 2 is 1.77 bits per heavy atom. The third-order valence-electron chi connectivity index (χ3n) is 14.8. The molecule has 386 valence electrons. The molecule has 2 aromatic heterocycles. The van der Waals surface area contributed by atoms with Crippen LogP contribution in [0.15, 0.2) is 111 Å². The second kappa shape index (κ2) is 19.1. The van der Waals surface area contributed by atoms with Crippen LogP contribution in [0.25, 0.3) is 22.3 Å². The molecule has 2 bridgehead atoms. The van der Waals surface area contributed by atoms with Gasteiger partial charge in [0.05, 0.1) is 5.82 Å². The molecule has 3 aliphatic heterocycles. The molecule has 5 heterocycles. The predicted molar refractivity (Wildman–Crippen MR) is 262 cm³/mol. The van der Waals surface area contributed by atoms with Gasteiger partial charge in [-0.15, -0.1) is 0 Å². The summed E-state index contributed by atoms with van der Waals surface area (Å²) in [5, 5.41) is 104. The molecule has 21 nitrogen and oxygen atoms in total. The summed E-state index contributed by atoms with van der Waals surface area (Å²) >= 11 is 0. The molecule has 73 heavy (non-hydrogen) atoms. The van der Waals surface area contributed by atoms with E-state index in [1.54, 1.807) is 48.5 Å². The zero-order valence-corrected chi connectivity index (χ0v) is 39.6. The van der Waals surface area contributed by atoms with Crippen molar-refractivity contribution in [2.24, 2.45) is 17.1 Å². The van der Waals surface area contributed by atoms with Crippen molar-refractivity contribution >= 4 is 22.8 Å². The van der Waals surface area contributed by atoms with Gasteiger partial charge in [0.25, 0.3) is 0 Å². The third kappa shape index (κ3) is 8.70. The molecule has 5 aromatic rings. The number of ether oxygens (including phenoxy) is 4. The van der Waals surface area contributed by atoms with Crippen molar-refractivity contribution in [1.29, 1.82) is 0 Å². The van der Waals surface area contributed by atoms with Crippen LogP contribution in [0.3, 0.4) is 0 Å². The lowest BCUT2D eigenvalue weighted by molar-refractivity contribution is -0.345. The number of aliphatic hydroxyl groups is 5. The van der Waals surface area contributed by atoms with E-state index in [4.69, 9.17) is 34.8 Å². The number of benzene rings is 3. The topological polar surface area (TPSA) is 350 Å². The second-order valence-corrected chi connectivity index (χ2v) is 19.3. The highest BCUT2D eigenvalue weighted by molar-refractivity contribution is 5.89. The molecule has 16 N–H and O–H groups in total. The van der Waals surface area contributed by atoms with Crippen molar-refractivity contribution < 1.29 is 69.0 Å². The number of carboxylic acids is 1. The van der Waals surface area contributed by atoms with Crippen LogP contribution < -0.4 is 47.1 Å². The van der Waals surface area contributed by atoms with Crippen LogP contribution in [0.2, 0.25) is 0 Å². The molecule has 10 rings (SSSR count). The number of fused-ring (bicyclic) bond motifs is 3. The van der Waals surface area contributed by atoms with Gasteiger partial charge in [0.2, 0.25) is 18.3 Å². The van der Waals surface area contributed by atoms with Gasteiger partial charge in [-0.2, -0.15) is 0 Å². The smallest absolute Gasteiger partial charge is 0.336 e. The Labute approximate surface area is 417 Å². The van der Waals surface area contributed by atoms with E-state index in [-0.39, 0.29) is 35.8 Å². The number of hydrogen-bond donors (Lipinski definition) is 14. The number of phenols is 2. The van der Waals surface area contributed by atoms with Gasteiger partial charge in [-0.1, -0.05) is 31.4 Å². The number of aliphatic carboxylic acids is 1. The predicted octanol–water partition coefficient (Wildman–Crippen LogP) is 2.50. The molecule has 9 unspecified atom stereocenters. The molecule has 2 aliphatic carbocycles. The largest absolute Gasteiger partial charge is 0.508 e. The lowest BCUT2D eigenvalue weighted by Gasteiger charge is -2.60. The molecular weight excluding hydrogens is 949 g/mol. The fourth-order valence-corrected chi connectivity index (χ4v) is 11.3. The number of aromatic amines is 1. The highest BCUT2D eigenvalue weighted by Crippen LogP contribution is 2.61. The number of rotatable bonds is 15. The zero-order valence-electron chi connectivity index (χ0n) is 39.6. The van der Waals surface area contributed by atoms with Crippen LogP contribution in [0.4, 0.5) is 5.82 Å². The van der Waals surface area contributed by atoms with Gasteiger partial charge < -0.3 is 91.3 Å². The lowest BCUT2D eigenvalue weighted by Crippen LogP contribution is -2.80. The number of H-pyrrole nitrogens is 1. The minimum atomic E-state index is -2.75. The Balaban J connectivity index is 1.09. The first kappa shape index (κ1) is 49.5. The van der Waals surface area contributed by atoms with Crippen molar-refractivity contribution in [3.63, 3.8) is 0 Å². The molecule has 0 radical (unpaired) electrons. The number of aromatic hydroxyl groups is 2. The van der Waals surface area contributed by atoms with Gasteiger partial charge in [0.15, 0.2) is 28.6 Å². The van der Waals surface area contributed by atoms with Crippen molar-refractivity contribution in [2.75, 3.05) is 32.1 Å². The zero-order chi connectivity index (χ0) is 51.6. The molecule has 5 aliphatic rings. The van der Waals surface area contributed by atoms with Gasteiger partial charge in [0, 0.05) is 66.1 Å². The Bertz CT molecular complexity index is 3090. The molecule has 1 saturated carbocycles. The van der Waals surface area contributed by atoms with E-state index in [9.17, 15) is 50.4 Å². The number of phenolic OH excluding ortho intramolecular Hbond substituents is 2. The number of aryl methyl sites for hydroxylation is 1. The summed E-state index contributed by atoms with van der Waals surface area (Å²) in [5.41, 5.74) is 7.29. The van der Waals surface area contributed by atoms with Crippen molar-refractivity contribution in [3.8, 4) is 40.1 Å². The average molecular weight is 1010 g/mol. The van der Waals surface area contributed by atoms with E-state index >= 15 is 0 Å². The summed E-state index contributed by atoms with van der Waals surface area (Å²) in [7, 11) is 0. The minimum absolute atomic E-state index is 0.000464. The minimum Gasteiger partial charge on any atom is -0.508 e. The third-order valence-corrected chi connectivity index (χ3v) is 14.8. The second-order valence-electron chi connectivity index (χ2n) is 19.3. The maximum absolute atomic E-state index is 14.1. The van der Waals surface area contributed by atoms with Crippen LogP contribution in [-0.2, 0) is 16.0 Å². The highest BCUT2D eigenvalue weighted by atomic mass is 16.7. The van der Waals surface area contributed by atoms with Crippen LogP contribution in [0.1, 0.15) is 61.8 Å². The SMILES string of the molecule is CCc1cc(O)cc(C(O)Oc2c(OC3OC(C(=O)O)C4(O)C(C5CNCN5)C(C5(C6=CCNC(N)=C6)CCCC5)=CC3(O)C4O)cc3oc(-c4ccc(OCC(O)c5ccc(N)[nH]5)cc4)cc(=O)c3c2O)c1. The van der Waals surface area contributed by atoms with Gasteiger partial charge in [-0.3, -0.25) is 10.1 Å². The van der Waals surface area contributed by atoms with Crippen molar-refractivity contribution in [3.05, 3.63) is 129 Å². The van der Waals surface area contributed by atoms with Crippen LogP contribution in [0.5, 0.6) is 28.7 Å². The quantitative estimate of drug-likeness (QED) is 0.0529. The number of allylic oxidation sites excluding steroid dienone is 2. The average Bonchev–Trinajstić information content (AvgIpc) is 4.18. The molecule has 9 atom stereocenters. The van der Waals surface area contributed by atoms with E-state index < -0.39 is 93.5 Å². The first-order valence-electron chi connectivity index (χ1n) is 24.1. The van der Waals surface area contributed by atoms with E-state index in [1.807, 2.05) is 13.0 Å². The van der Waals surface area contributed by atoms with E-state index in [0.29, 0.717) is 72.3 Å². The fraction of sp³-hybridized carbons (Fsp3) is 0.385. The van der Waals surface area contributed by atoms with Gasteiger partial charge in [-0.25, -0.2) is 4.79 Å². The molecular formula is C52H58N6O15. The Kier molecular flexibility index (Phi) is 12.9. The Hall–Kier alpha value is -7.08. The van der Waals surface area contributed by atoms with Crippen LogP contribution in [0, 0.1) is 11.3 Å². The van der Waals surface area contributed by atoms with Gasteiger partial charge >= 0.3 is 5.97 Å². The fourth-order valence-electron chi connectivity index (χ4n) is 11.3. The lowest BCUT2D eigenvalue weighted by atomic mass is 9.53. The molecule has 21 heteroatoms. The summed E-state index contributed by atoms with van der Waals surface area (Å²) < 4.78 is 30.6. The molecule has 2 saturated heterocycles. The van der Waals surface area contributed by atoms with Gasteiger partial charge in [0.1, 0.15) is 58.5 Å². The van der Waals surface area contributed by atoms with E-state index in [1.165, 1.54) is 18.2 Å². The molecule has 3 aromatic carbocycles. The number of aliphatic hydroxyl groups excluding tert-OH is 3. The number of carboxylic acid groups (broad SMARTS) is 1. The first-order chi connectivity index (χ1) is 34.9. The van der Waals surface area contributed by atoms with Crippen molar-refractivity contribution in [2.45, 2.75) is 87.2 Å². The Morgan fingerprint density at radius 1 is 1.00 bits per heavy atom. The number of carbonyl (C=O) groups is 1. The van der Waals surface area contributed by atoms with Crippen molar-refractivity contribution in [1.82, 2.24) is 20.9 Å². The summed E-state index contributed by atoms with van der Waals surface area (Å²) in [5.74, 6) is -4.11. The maximum Gasteiger partial charge on any atom is 0.336 e. The number of nitrogen functional groups attached to an aromatic ring is 1. The van der Waals surface area contributed by atoms with Gasteiger partial charge in [-0.05, 0) is 97.1 Å². The molecule has 3 fully saturated rings.